The molecule has 32 heavy (non-hydrogen) atoms. The predicted octanol–water partition coefficient (Wildman–Crippen LogP) is 1.89. The molecule has 0 spiro atoms. The van der Waals surface area contributed by atoms with Crippen LogP contribution in [0.4, 0.5) is 16.0 Å². The third kappa shape index (κ3) is 5.97. The molecular weight excluding hydrogens is 409 g/mol. The average molecular weight is 442 g/mol. The Morgan fingerprint density at radius 1 is 1.16 bits per heavy atom. The van der Waals surface area contributed by atoms with Crippen LogP contribution in [0.5, 0.6) is 0 Å². The Balaban J connectivity index is 1.65. The van der Waals surface area contributed by atoms with Crippen LogP contribution < -0.4 is 16.0 Å². The molecule has 2 aliphatic rings. The highest BCUT2D eigenvalue weighted by molar-refractivity contribution is 5.55. The van der Waals surface area contributed by atoms with E-state index in [1.807, 2.05) is 31.2 Å². The lowest BCUT2D eigenvalue weighted by atomic mass is 10.2. The number of aromatic amines is 1. The van der Waals surface area contributed by atoms with Gasteiger partial charge in [-0.2, -0.15) is 0 Å². The summed E-state index contributed by atoms with van der Waals surface area (Å²) < 4.78 is 25.4. The van der Waals surface area contributed by atoms with E-state index in [-0.39, 0.29) is 11.9 Å². The molecule has 2 fully saturated rings. The van der Waals surface area contributed by atoms with Crippen LogP contribution >= 0.6 is 0 Å². The number of nitrogens with zero attached hydrogens (tertiary/aromatic N) is 3. The Hall–Kier alpha value is -2.68. The topological polar surface area (TPSA) is 65.7 Å². The molecule has 3 heterocycles. The van der Waals surface area contributed by atoms with Gasteiger partial charge in [0.2, 0.25) is 5.95 Å². The fourth-order valence-electron chi connectivity index (χ4n) is 3.95. The maximum absolute atomic E-state index is 14.4. The normalized spacial score (nSPS) is 20.6. The van der Waals surface area contributed by atoms with E-state index in [9.17, 15) is 4.39 Å². The van der Waals surface area contributed by atoms with Gasteiger partial charge >= 0.3 is 0 Å². The summed E-state index contributed by atoms with van der Waals surface area (Å²) >= 11 is 0. The van der Waals surface area contributed by atoms with Crippen molar-refractivity contribution in [1.29, 1.82) is 0 Å². The highest BCUT2D eigenvalue weighted by Crippen LogP contribution is 2.13. The molecule has 4 rings (SSSR count). The second kappa shape index (κ2) is 10.8. The lowest BCUT2D eigenvalue weighted by Gasteiger charge is -2.32. The summed E-state index contributed by atoms with van der Waals surface area (Å²) in [6.07, 6.45) is 6.35. The molecule has 2 saturated heterocycles. The molecule has 7 nitrogen and oxygen atoms in total. The van der Waals surface area contributed by atoms with Gasteiger partial charge in [0, 0.05) is 31.9 Å². The van der Waals surface area contributed by atoms with Gasteiger partial charge in [0.1, 0.15) is 11.2 Å². The minimum Gasteiger partial charge on any atom is -0.379 e. The van der Waals surface area contributed by atoms with Crippen LogP contribution in [-0.2, 0) is 9.47 Å². The molecule has 2 aromatic rings. The fourth-order valence-corrected chi connectivity index (χ4v) is 3.95. The minimum absolute atomic E-state index is 0.00730. The van der Waals surface area contributed by atoms with E-state index in [4.69, 9.17) is 9.47 Å². The number of ether oxygens (including phenoxy) is 2. The monoisotopic (exact) mass is 441 g/mol. The molecular formula is C24H32FN5O2. The number of aryl methyl sites for hydroxylation is 1. The number of anilines is 2. The van der Waals surface area contributed by atoms with Gasteiger partial charge in [-0.15, -0.1) is 0 Å². The van der Waals surface area contributed by atoms with Crippen LogP contribution in [0, 0.1) is 6.92 Å². The van der Waals surface area contributed by atoms with Crippen LogP contribution in [0.15, 0.2) is 36.5 Å². The fraction of sp³-hybridized carbons (Fsp3) is 0.458. The van der Waals surface area contributed by atoms with Crippen molar-refractivity contribution in [3.8, 4) is 0 Å². The van der Waals surface area contributed by atoms with E-state index in [0.29, 0.717) is 29.9 Å². The molecule has 0 radical (unpaired) electrons. The van der Waals surface area contributed by atoms with E-state index in [1.165, 1.54) is 6.92 Å². The molecule has 8 heteroatoms. The van der Waals surface area contributed by atoms with Crippen LogP contribution in [0.1, 0.15) is 12.5 Å². The highest BCUT2D eigenvalue weighted by Gasteiger charge is 2.18. The van der Waals surface area contributed by atoms with Crippen molar-refractivity contribution >= 4 is 23.5 Å². The molecule has 172 valence electrons. The van der Waals surface area contributed by atoms with Gasteiger partial charge < -0.3 is 24.7 Å². The molecule has 0 aliphatic carbocycles. The number of nitrogens with one attached hydrogen (secondary N) is 2. The van der Waals surface area contributed by atoms with Crippen molar-refractivity contribution in [3.05, 3.63) is 52.8 Å². The second-order valence-electron chi connectivity index (χ2n) is 8.17. The van der Waals surface area contributed by atoms with Crippen molar-refractivity contribution in [1.82, 2.24) is 19.8 Å². The molecule has 1 atom stereocenters. The molecule has 1 aromatic heterocycles. The number of H-pyrrole nitrogens is 1. The summed E-state index contributed by atoms with van der Waals surface area (Å²) in [5, 5.41) is 4.26. The summed E-state index contributed by atoms with van der Waals surface area (Å²) in [7, 11) is 0. The summed E-state index contributed by atoms with van der Waals surface area (Å²) in [6.45, 7) is 9.75. The molecule has 0 bridgehead atoms. The van der Waals surface area contributed by atoms with Crippen molar-refractivity contribution in [2.24, 2.45) is 0 Å². The lowest BCUT2D eigenvalue weighted by molar-refractivity contribution is 0.0343. The van der Waals surface area contributed by atoms with Crippen molar-refractivity contribution < 1.29 is 13.9 Å². The van der Waals surface area contributed by atoms with Crippen molar-refractivity contribution in [2.45, 2.75) is 19.9 Å². The Labute approximate surface area is 188 Å². The molecule has 1 aromatic carbocycles. The number of imidazole rings is 1. The van der Waals surface area contributed by atoms with Crippen LogP contribution in [0.25, 0.3) is 11.9 Å². The van der Waals surface area contributed by atoms with Gasteiger partial charge in [0.15, 0.2) is 0 Å². The van der Waals surface area contributed by atoms with E-state index in [0.717, 1.165) is 50.6 Å². The summed E-state index contributed by atoms with van der Waals surface area (Å²) in [5.41, 5.74) is 2.05. The summed E-state index contributed by atoms with van der Waals surface area (Å²) in [4.78, 5) is 12.4. The lowest BCUT2D eigenvalue weighted by Crippen LogP contribution is -2.43. The highest BCUT2D eigenvalue weighted by atomic mass is 19.1. The van der Waals surface area contributed by atoms with Crippen LogP contribution in [0.3, 0.4) is 0 Å². The average Bonchev–Trinajstić information content (AvgIpc) is 3.20. The smallest absolute Gasteiger partial charge is 0.205 e. The van der Waals surface area contributed by atoms with E-state index >= 15 is 0 Å². The maximum atomic E-state index is 14.4. The first-order valence-electron chi connectivity index (χ1n) is 11.2. The van der Waals surface area contributed by atoms with E-state index < -0.39 is 0 Å². The number of halogens is 1. The van der Waals surface area contributed by atoms with E-state index in [2.05, 4.69) is 43.4 Å². The predicted molar refractivity (Wildman–Crippen MR) is 125 cm³/mol. The van der Waals surface area contributed by atoms with Gasteiger partial charge in [0.05, 0.1) is 37.8 Å². The Morgan fingerprint density at radius 3 is 2.56 bits per heavy atom. The van der Waals surface area contributed by atoms with Crippen molar-refractivity contribution in [3.63, 3.8) is 0 Å². The largest absolute Gasteiger partial charge is 0.379 e. The van der Waals surface area contributed by atoms with Gasteiger partial charge in [-0.25, -0.2) is 9.37 Å². The number of hydrogen-bond acceptors (Lipinski definition) is 6. The van der Waals surface area contributed by atoms with Crippen LogP contribution in [-0.4, -0.2) is 78.4 Å². The third-order valence-electron chi connectivity index (χ3n) is 5.68. The number of morpholine rings is 2. The molecule has 2 N–H and O–H groups in total. The molecule has 0 amide bonds. The first-order chi connectivity index (χ1) is 15.6. The molecule has 2 aliphatic heterocycles. The van der Waals surface area contributed by atoms with Crippen LogP contribution in [0.2, 0.25) is 0 Å². The Bertz CT molecular complexity index is 1030. The molecule has 1 unspecified atom stereocenters. The first-order valence-corrected chi connectivity index (χ1v) is 11.2. The quantitative estimate of drug-likeness (QED) is 0.714. The first kappa shape index (κ1) is 22.5. The number of rotatable bonds is 6. The zero-order chi connectivity index (χ0) is 22.3. The number of hydrogen-bond donors (Lipinski definition) is 2. The number of benzene rings is 1. The SMILES string of the molecule is C/C(F)=c1/nc(Nc2cccc(C)c2)[nH]c1=CC(/C=C/N1CCOCC1)N1CCOCC1. The maximum Gasteiger partial charge on any atom is 0.205 e. The van der Waals surface area contributed by atoms with Gasteiger partial charge in [-0.3, -0.25) is 4.90 Å². The summed E-state index contributed by atoms with van der Waals surface area (Å²) in [6, 6.07) is 8.00. The van der Waals surface area contributed by atoms with Gasteiger partial charge in [0.25, 0.3) is 0 Å². The van der Waals surface area contributed by atoms with Gasteiger partial charge in [-0.1, -0.05) is 12.1 Å². The summed E-state index contributed by atoms with van der Waals surface area (Å²) in [5.74, 6) is 0.203. The zero-order valence-corrected chi connectivity index (χ0v) is 18.8. The van der Waals surface area contributed by atoms with Crippen molar-refractivity contribution in [2.75, 3.05) is 57.9 Å². The standard InChI is InChI=1S/C24H32FN5O2/c1-18-4-3-5-20(16-18)26-24-27-22(23(28-24)19(2)25)17-21(30-10-14-32-15-11-30)6-7-29-8-12-31-13-9-29/h3-7,16-17,21H,8-15H2,1-2H3,(H2,26,27,28)/b7-6+,22-17?,23-19-. The molecule has 0 saturated carbocycles. The Morgan fingerprint density at radius 2 is 1.88 bits per heavy atom. The number of aromatic nitrogens is 2. The van der Waals surface area contributed by atoms with Gasteiger partial charge in [-0.05, 0) is 49.9 Å². The minimum atomic E-state index is -0.317. The third-order valence-corrected chi connectivity index (χ3v) is 5.68. The zero-order valence-electron chi connectivity index (χ0n) is 18.8. The van der Waals surface area contributed by atoms with E-state index in [1.54, 1.807) is 0 Å². The Kier molecular flexibility index (Phi) is 7.57. The second-order valence-corrected chi connectivity index (χ2v) is 8.17.